The molecule has 27 heavy (non-hydrogen) atoms. The minimum Gasteiger partial charge on any atom is -0.340 e. The summed E-state index contributed by atoms with van der Waals surface area (Å²) in [5.41, 5.74) is 2.53. The first-order valence-corrected chi connectivity index (χ1v) is 11.3. The number of hydrogen-bond donors (Lipinski definition) is 0. The molecule has 4 rings (SSSR count). The Hall–Kier alpha value is -0.910. The third-order valence-corrected chi connectivity index (χ3v) is 6.84. The molecule has 0 saturated carbocycles. The first-order chi connectivity index (χ1) is 13.2. The number of anilines is 2. The quantitative estimate of drug-likeness (QED) is 0.593. The Balaban J connectivity index is 1.41. The predicted octanol–water partition coefficient (Wildman–Crippen LogP) is 5.19. The predicted molar refractivity (Wildman–Crippen MR) is 117 cm³/mol. The molecule has 2 aliphatic heterocycles. The summed E-state index contributed by atoms with van der Waals surface area (Å²) in [6, 6.07) is 14.9. The van der Waals surface area contributed by atoms with Gasteiger partial charge in [0.25, 0.3) is 0 Å². The third-order valence-electron chi connectivity index (χ3n) is 5.31. The number of fused-ring (bicyclic) bond motifs is 2. The van der Waals surface area contributed by atoms with Crippen molar-refractivity contribution in [2.45, 2.75) is 16.2 Å². The molecule has 2 aromatic rings. The Morgan fingerprint density at radius 3 is 2.30 bits per heavy atom. The van der Waals surface area contributed by atoms with Crippen LogP contribution in [-0.4, -0.2) is 61.5 Å². The van der Waals surface area contributed by atoms with Gasteiger partial charge < -0.3 is 9.80 Å². The maximum Gasteiger partial charge on any atom is 0.0567 e. The van der Waals surface area contributed by atoms with Crippen LogP contribution in [0.2, 0.25) is 5.02 Å². The van der Waals surface area contributed by atoms with Gasteiger partial charge in [-0.15, -0.1) is 11.6 Å². The summed E-state index contributed by atoms with van der Waals surface area (Å²) in [4.78, 5) is 10.1. The van der Waals surface area contributed by atoms with Crippen molar-refractivity contribution < 1.29 is 0 Å². The highest BCUT2D eigenvalue weighted by atomic mass is 35.5. The van der Waals surface area contributed by atoms with Crippen LogP contribution in [-0.2, 0) is 0 Å². The Morgan fingerprint density at radius 1 is 0.815 bits per heavy atom. The number of alkyl halides is 1. The third kappa shape index (κ3) is 4.57. The average molecular weight is 422 g/mol. The summed E-state index contributed by atoms with van der Waals surface area (Å²) in [6.07, 6.45) is 1.14. The van der Waals surface area contributed by atoms with Gasteiger partial charge in [-0.25, -0.2) is 0 Å². The lowest BCUT2D eigenvalue weighted by atomic mass is 10.2. The minimum atomic E-state index is 0.731. The fraction of sp³-hybridized carbons (Fsp3) is 0.429. The van der Waals surface area contributed by atoms with E-state index < -0.39 is 0 Å². The molecule has 6 heteroatoms. The molecule has 0 N–H and O–H groups in total. The van der Waals surface area contributed by atoms with Crippen molar-refractivity contribution in [2.24, 2.45) is 0 Å². The summed E-state index contributed by atoms with van der Waals surface area (Å²) in [6.45, 7) is 7.71. The standard InChI is InChI=1S/C21H25Cl2N3S/c22-8-11-25-14-12-24(13-15-25)9-3-10-26-18-4-1-2-5-20(18)27-21-7-6-17(23)16-19(21)26/h1-2,4-7,16H,3,8-15H2. The molecule has 0 unspecified atom stereocenters. The molecule has 2 aliphatic rings. The highest BCUT2D eigenvalue weighted by Crippen LogP contribution is 2.48. The average Bonchev–Trinajstić information content (AvgIpc) is 2.69. The van der Waals surface area contributed by atoms with Crippen LogP contribution < -0.4 is 4.90 Å². The number of benzene rings is 2. The molecule has 1 saturated heterocycles. The molecule has 0 radical (unpaired) electrons. The van der Waals surface area contributed by atoms with Crippen molar-refractivity contribution in [3.05, 3.63) is 47.5 Å². The molecule has 1 fully saturated rings. The Kier molecular flexibility index (Phi) is 6.51. The van der Waals surface area contributed by atoms with Gasteiger partial charge in [0.2, 0.25) is 0 Å². The fourth-order valence-electron chi connectivity index (χ4n) is 3.85. The summed E-state index contributed by atoms with van der Waals surface area (Å²) in [5.74, 6) is 0.731. The number of rotatable bonds is 6. The molecule has 0 aromatic heterocycles. The van der Waals surface area contributed by atoms with E-state index in [0.717, 1.165) is 63.1 Å². The van der Waals surface area contributed by atoms with E-state index in [1.54, 1.807) is 0 Å². The second-order valence-electron chi connectivity index (χ2n) is 7.06. The second-order valence-corrected chi connectivity index (χ2v) is 8.96. The fourth-order valence-corrected chi connectivity index (χ4v) is 5.33. The van der Waals surface area contributed by atoms with E-state index in [1.807, 2.05) is 17.8 Å². The smallest absolute Gasteiger partial charge is 0.0567 e. The zero-order chi connectivity index (χ0) is 18.6. The molecule has 0 aliphatic carbocycles. The highest BCUT2D eigenvalue weighted by Gasteiger charge is 2.23. The van der Waals surface area contributed by atoms with Crippen LogP contribution in [0.15, 0.2) is 52.3 Å². The molecule has 0 spiro atoms. The molecule has 2 heterocycles. The van der Waals surface area contributed by atoms with Crippen LogP contribution in [0.1, 0.15) is 6.42 Å². The largest absolute Gasteiger partial charge is 0.340 e. The van der Waals surface area contributed by atoms with Gasteiger partial charge in [0.15, 0.2) is 0 Å². The number of piperazine rings is 1. The number of para-hydroxylation sites is 1. The van der Waals surface area contributed by atoms with Crippen molar-refractivity contribution in [2.75, 3.05) is 56.6 Å². The van der Waals surface area contributed by atoms with E-state index in [0.29, 0.717) is 0 Å². The van der Waals surface area contributed by atoms with Crippen LogP contribution in [0.3, 0.4) is 0 Å². The molecule has 0 atom stereocenters. The lowest BCUT2D eigenvalue weighted by Gasteiger charge is -2.36. The van der Waals surface area contributed by atoms with E-state index in [9.17, 15) is 0 Å². The normalized spacial score (nSPS) is 17.6. The van der Waals surface area contributed by atoms with Crippen molar-refractivity contribution >= 4 is 46.3 Å². The molecule has 0 amide bonds. The van der Waals surface area contributed by atoms with Crippen molar-refractivity contribution in [1.29, 1.82) is 0 Å². The molecule has 2 aromatic carbocycles. The van der Waals surface area contributed by atoms with Gasteiger partial charge in [0.1, 0.15) is 0 Å². The zero-order valence-corrected chi connectivity index (χ0v) is 17.7. The van der Waals surface area contributed by atoms with Gasteiger partial charge >= 0.3 is 0 Å². The topological polar surface area (TPSA) is 9.72 Å². The molecule has 3 nitrogen and oxygen atoms in total. The van der Waals surface area contributed by atoms with E-state index in [4.69, 9.17) is 23.2 Å². The van der Waals surface area contributed by atoms with Gasteiger partial charge in [-0.3, -0.25) is 4.90 Å². The zero-order valence-electron chi connectivity index (χ0n) is 15.4. The van der Waals surface area contributed by atoms with Crippen LogP contribution >= 0.6 is 35.0 Å². The Labute approximate surface area is 176 Å². The van der Waals surface area contributed by atoms with Crippen LogP contribution in [0.4, 0.5) is 11.4 Å². The Bertz CT molecular complexity index is 778. The molecular formula is C21H25Cl2N3S. The van der Waals surface area contributed by atoms with E-state index >= 15 is 0 Å². The van der Waals surface area contributed by atoms with Crippen LogP contribution in [0, 0.1) is 0 Å². The minimum absolute atomic E-state index is 0.731. The van der Waals surface area contributed by atoms with Gasteiger partial charge in [0.05, 0.1) is 11.4 Å². The lowest BCUT2D eigenvalue weighted by molar-refractivity contribution is 0.137. The molecular weight excluding hydrogens is 397 g/mol. The first-order valence-electron chi connectivity index (χ1n) is 9.59. The molecule has 0 bridgehead atoms. The summed E-state index contributed by atoms with van der Waals surface area (Å²) >= 11 is 14.0. The van der Waals surface area contributed by atoms with Crippen LogP contribution in [0.5, 0.6) is 0 Å². The monoisotopic (exact) mass is 421 g/mol. The van der Waals surface area contributed by atoms with Gasteiger partial charge in [-0.2, -0.15) is 0 Å². The van der Waals surface area contributed by atoms with Crippen molar-refractivity contribution in [1.82, 2.24) is 9.80 Å². The summed E-state index contributed by atoms with van der Waals surface area (Å²) in [7, 11) is 0. The maximum atomic E-state index is 6.31. The summed E-state index contributed by atoms with van der Waals surface area (Å²) in [5, 5.41) is 0.800. The first kappa shape index (κ1) is 19.4. The highest BCUT2D eigenvalue weighted by molar-refractivity contribution is 7.99. The molecule has 144 valence electrons. The van der Waals surface area contributed by atoms with E-state index in [1.165, 1.54) is 21.2 Å². The van der Waals surface area contributed by atoms with Crippen LogP contribution in [0.25, 0.3) is 0 Å². The van der Waals surface area contributed by atoms with E-state index in [2.05, 4.69) is 51.1 Å². The number of hydrogen-bond acceptors (Lipinski definition) is 4. The number of nitrogens with zero attached hydrogens (tertiary/aromatic N) is 3. The van der Waals surface area contributed by atoms with Crippen molar-refractivity contribution in [3.8, 4) is 0 Å². The van der Waals surface area contributed by atoms with Gasteiger partial charge in [-0.1, -0.05) is 35.5 Å². The number of halogens is 2. The van der Waals surface area contributed by atoms with Gasteiger partial charge in [-0.05, 0) is 43.3 Å². The Morgan fingerprint density at radius 2 is 1.52 bits per heavy atom. The van der Waals surface area contributed by atoms with Crippen molar-refractivity contribution in [3.63, 3.8) is 0 Å². The second kappa shape index (κ2) is 9.06. The lowest BCUT2D eigenvalue weighted by Crippen LogP contribution is -2.47. The van der Waals surface area contributed by atoms with E-state index in [-0.39, 0.29) is 0 Å². The van der Waals surface area contributed by atoms with Gasteiger partial charge in [0, 0.05) is 60.0 Å². The SMILES string of the molecule is ClCCN1CCN(CCCN2c3ccccc3Sc3ccc(Cl)cc32)CC1. The maximum absolute atomic E-state index is 6.31. The summed E-state index contributed by atoms with van der Waals surface area (Å²) < 4.78 is 0.